The van der Waals surface area contributed by atoms with Crippen LogP contribution in [0.4, 0.5) is 0 Å². The molecule has 5 heteroatoms. The highest BCUT2D eigenvalue weighted by atomic mass is 79.9. The number of nitrogens with one attached hydrogen (secondary N) is 1. The van der Waals surface area contributed by atoms with Gasteiger partial charge in [0.15, 0.2) is 0 Å². The zero-order chi connectivity index (χ0) is 13.8. The topological polar surface area (TPSA) is 21.3 Å². The van der Waals surface area contributed by atoms with Crippen LogP contribution >= 0.6 is 43.2 Å². The van der Waals surface area contributed by atoms with Crippen LogP contribution in [0.3, 0.4) is 0 Å². The zero-order valence-electron chi connectivity index (χ0n) is 10.7. The van der Waals surface area contributed by atoms with Crippen molar-refractivity contribution < 1.29 is 4.74 Å². The summed E-state index contributed by atoms with van der Waals surface area (Å²) in [6.45, 7) is 3.03. The molecule has 1 aromatic heterocycles. The van der Waals surface area contributed by atoms with E-state index >= 15 is 0 Å². The second kappa shape index (κ2) is 6.88. The Labute approximate surface area is 134 Å². The molecule has 0 fully saturated rings. The van der Waals surface area contributed by atoms with E-state index in [1.165, 1.54) is 11.1 Å². The van der Waals surface area contributed by atoms with Crippen LogP contribution in [0.25, 0.3) is 0 Å². The third kappa shape index (κ3) is 3.40. The number of hydrogen-bond acceptors (Lipinski definition) is 3. The average Bonchev–Trinajstić information content (AvgIpc) is 2.82. The second-order valence-electron chi connectivity index (χ2n) is 4.06. The predicted octanol–water partition coefficient (Wildman–Crippen LogP) is 4.98. The summed E-state index contributed by atoms with van der Waals surface area (Å²) in [4.78, 5) is 0. The van der Waals surface area contributed by atoms with Gasteiger partial charge in [-0.2, -0.15) is 11.3 Å². The smallest absolute Gasteiger partial charge is 0.133 e. The first-order valence-electron chi connectivity index (χ1n) is 5.95. The number of ether oxygens (including phenoxy) is 1. The molecule has 0 bridgehead atoms. The molecule has 0 spiro atoms. The zero-order valence-corrected chi connectivity index (χ0v) is 14.7. The van der Waals surface area contributed by atoms with Crippen molar-refractivity contribution in [1.82, 2.24) is 5.32 Å². The molecule has 102 valence electrons. The van der Waals surface area contributed by atoms with Crippen molar-refractivity contribution >= 4 is 43.2 Å². The van der Waals surface area contributed by atoms with E-state index in [0.29, 0.717) is 0 Å². The van der Waals surface area contributed by atoms with Crippen LogP contribution in [0.1, 0.15) is 24.1 Å². The molecule has 0 aliphatic rings. The molecule has 0 aliphatic carbocycles. The Morgan fingerprint density at radius 1 is 1.26 bits per heavy atom. The lowest BCUT2D eigenvalue weighted by molar-refractivity contribution is 0.412. The lowest BCUT2D eigenvalue weighted by Crippen LogP contribution is -2.21. The first kappa shape index (κ1) is 15.0. The van der Waals surface area contributed by atoms with Gasteiger partial charge < -0.3 is 10.1 Å². The highest BCUT2D eigenvalue weighted by Crippen LogP contribution is 2.34. The van der Waals surface area contributed by atoms with Gasteiger partial charge in [0.1, 0.15) is 5.75 Å². The van der Waals surface area contributed by atoms with E-state index in [1.54, 1.807) is 18.4 Å². The minimum atomic E-state index is 0.188. The van der Waals surface area contributed by atoms with Crippen LogP contribution in [0, 0.1) is 0 Å². The molecule has 0 radical (unpaired) electrons. The summed E-state index contributed by atoms with van der Waals surface area (Å²) >= 11 is 8.87. The minimum absolute atomic E-state index is 0.188. The van der Waals surface area contributed by atoms with E-state index in [9.17, 15) is 0 Å². The third-order valence-corrected chi connectivity index (χ3v) is 5.24. The average molecular weight is 405 g/mol. The summed E-state index contributed by atoms with van der Waals surface area (Å²) in [5, 5.41) is 7.81. The summed E-state index contributed by atoms with van der Waals surface area (Å²) < 4.78 is 7.40. The van der Waals surface area contributed by atoms with Crippen molar-refractivity contribution in [3.63, 3.8) is 0 Å². The molecule has 0 saturated heterocycles. The van der Waals surface area contributed by atoms with Crippen molar-refractivity contribution in [1.29, 1.82) is 0 Å². The largest absolute Gasteiger partial charge is 0.496 e. The second-order valence-corrected chi connectivity index (χ2v) is 6.51. The van der Waals surface area contributed by atoms with Crippen molar-refractivity contribution in [3.05, 3.63) is 49.0 Å². The van der Waals surface area contributed by atoms with Crippen LogP contribution in [0.2, 0.25) is 0 Å². The maximum Gasteiger partial charge on any atom is 0.133 e. The van der Waals surface area contributed by atoms with Crippen LogP contribution in [-0.4, -0.2) is 13.7 Å². The van der Waals surface area contributed by atoms with E-state index in [2.05, 4.69) is 67.0 Å². The summed E-state index contributed by atoms with van der Waals surface area (Å²) in [5.41, 5.74) is 2.48. The Kier molecular flexibility index (Phi) is 5.45. The third-order valence-electron chi connectivity index (χ3n) is 2.87. The van der Waals surface area contributed by atoms with Gasteiger partial charge >= 0.3 is 0 Å². The van der Waals surface area contributed by atoms with Gasteiger partial charge in [-0.3, -0.25) is 0 Å². The number of thiophene rings is 1. The molecular formula is C14H15Br2NOS. The molecule has 0 aliphatic heterocycles. The van der Waals surface area contributed by atoms with Gasteiger partial charge in [0.05, 0.1) is 17.6 Å². The summed E-state index contributed by atoms with van der Waals surface area (Å²) in [6, 6.07) is 6.38. The number of methoxy groups -OCH3 is 1. The van der Waals surface area contributed by atoms with E-state index in [1.807, 2.05) is 6.07 Å². The standard InChI is InChI=1S/C14H15Br2NOS/c1-3-17-14(10-7-19-8-12(10)16)9-4-5-13(18-2)11(15)6-9/h4-8,14,17H,3H2,1-2H3. The first-order chi connectivity index (χ1) is 9.17. The quantitative estimate of drug-likeness (QED) is 0.758. The fourth-order valence-electron chi connectivity index (χ4n) is 1.97. The molecule has 2 nitrogen and oxygen atoms in total. The lowest BCUT2D eigenvalue weighted by atomic mass is 10.0. The van der Waals surface area contributed by atoms with Gasteiger partial charge in [0, 0.05) is 9.85 Å². The molecule has 2 aromatic rings. The lowest BCUT2D eigenvalue weighted by Gasteiger charge is -2.19. The van der Waals surface area contributed by atoms with Crippen LogP contribution in [-0.2, 0) is 0 Å². The molecule has 1 unspecified atom stereocenters. The minimum Gasteiger partial charge on any atom is -0.496 e. The monoisotopic (exact) mass is 403 g/mol. The predicted molar refractivity (Wildman–Crippen MR) is 88.2 cm³/mol. The van der Waals surface area contributed by atoms with Gasteiger partial charge in [-0.1, -0.05) is 13.0 Å². The fraction of sp³-hybridized carbons (Fsp3) is 0.286. The highest BCUT2D eigenvalue weighted by Gasteiger charge is 2.17. The molecule has 1 N–H and O–H groups in total. The molecule has 1 heterocycles. The molecule has 0 amide bonds. The van der Waals surface area contributed by atoms with Gasteiger partial charge in [0.25, 0.3) is 0 Å². The van der Waals surface area contributed by atoms with E-state index in [0.717, 1.165) is 21.2 Å². The van der Waals surface area contributed by atoms with Gasteiger partial charge in [-0.15, -0.1) is 0 Å². The number of hydrogen-bond donors (Lipinski definition) is 1. The summed E-state index contributed by atoms with van der Waals surface area (Å²) in [7, 11) is 1.68. The number of halogens is 2. The van der Waals surface area contributed by atoms with Crippen molar-refractivity contribution in [2.75, 3.05) is 13.7 Å². The van der Waals surface area contributed by atoms with Crippen LogP contribution in [0.15, 0.2) is 37.9 Å². The first-order valence-corrected chi connectivity index (χ1v) is 8.48. The van der Waals surface area contributed by atoms with Crippen LogP contribution < -0.4 is 10.1 Å². The van der Waals surface area contributed by atoms with E-state index < -0.39 is 0 Å². The van der Waals surface area contributed by atoms with E-state index in [4.69, 9.17) is 4.74 Å². The van der Waals surface area contributed by atoms with Crippen molar-refractivity contribution in [2.24, 2.45) is 0 Å². The Bertz CT molecular complexity index is 556. The molecule has 19 heavy (non-hydrogen) atoms. The highest BCUT2D eigenvalue weighted by molar-refractivity contribution is 9.10. The van der Waals surface area contributed by atoms with Crippen molar-refractivity contribution in [2.45, 2.75) is 13.0 Å². The fourth-order valence-corrected chi connectivity index (χ4v) is 4.08. The SMILES string of the molecule is CCNC(c1ccc(OC)c(Br)c1)c1cscc1Br. The van der Waals surface area contributed by atoms with Gasteiger partial charge in [0.2, 0.25) is 0 Å². The van der Waals surface area contributed by atoms with Gasteiger partial charge in [-0.25, -0.2) is 0 Å². The molecule has 0 saturated carbocycles. The molecule has 2 rings (SSSR count). The van der Waals surface area contributed by atoms with Gasteiger partial charge in [-0.05, 0) is 67.0 Å². The molecular weight excluding hydrogens is 390 g/mol. The summed E-state index contributed by atoms with van der Waals surface area (Å²) in [6.07, 6.45) is 0. The Morgan fingerprint density at radius 2 is 2.05 bits per heavy atom. The Balaban J connectivity index is 2.39. The maximum absolute atomic E-state index is 5.28. The molecule has 1 aromatic carbocycles. The maximum atomic E-state index is 5.28. The van der Waals surface area contributed by atoms with Crippen molar-refractivity contribution in [3.8, 4) is 5.75 Å². The Morgan fingerprint density at radius 3 is 2.58 bits per heavy atom. The van der Waals surface area contributed by atoms with E-state index in [-0.39, 0.29) is 6.04 Å². The summed E-state index contributed by atoms with van der Waals surface area (Å²) in [5.74, 6) is 0.850. The Hall–Kier alpha value is -0.360. The number of benzene rings is 1. The van der Waals surface area contributed by atoms with Crippen LogP contribution in [0.5, 0.6) is 5.75 Å². The normalized spacial score (nSPS) is 12.4. The number of rotatable bonds is 5. The molecule has 1 atom stereocenters.